The molecule has 0 aromatic carbocycles. The summed E-state index contributed by atoms with van der Waals surface area (Å²) < 4.78 is 0. The van der Waals surface area contributed by atoms with Crippen molar-refractivity contribution in [3.8, 4) is 0 Å². The van der Waals surface area contributed by atoms with Crippen molar-refractivity contribution in [2.24, 2.45) is 0 Å². The smallest absolute Gasteiger partial charge is 0.157 e. The largest absolute Gasteiger partial charge is 0.299 e. The van der Waals surface area contributed by atoms with Gasteiger partial charge in [0.05, 0.1) is 12.5 Å². The molecule has 0 radical (unpaired) electrons. The van der Waals surface area contributed by atoms with Gasteiger partial charge in [-0.25, -0.2) is 0 Å². The molecule has 1 heterocycles. The second-order valence-electron chi connectivity index (χ2n) is 3.98. The van der Waals surface area contributed by atoms with Crippen LogP contribution >= 0.6 is 0 Å². The van der Waals surface area contributed by atoms with E-state index >= 15 is 0 Å². The zero-order valence-electron chi connectivity index (χ0n) is 7.79. The second kappa shape index (κ2) is 3.58. The SMILES string of the molecule is O=C1CCC(N2CCCC2)C(=O)C1. The fourth-order valence-corrected chi connectivity index (χ4v) is 2.30. The van der Waals surface area contributed by atoms with E-state index in [0.29, 0.717) is 6.42 Å². The fourth-order valence-electron chi connectivity index (χ4n) is 2.30. The van der Waals surface area contributed by atoms with Crippen LogP contribution in [0.5, 0.6) is 0 Å². The Labute approximate surface area is 78.1 Å². The molecule has 2 aliphatic rings. The molecule has 0 spiro atoms. The molecule has 1 aliphatic carbocycles. The average molecular weight is 181 g/mol. The van der Waals surface area contributed by atoms with Crippen LogP contribution in [-0.4, -0.2) is 35.6 Å². The van der Waals surface area contributed by atoms with Crippen molar-refractivity contribution >= 4 is 11.6 Å². The number of likely N-dealkylation sites (tertiary alicyclic amines) is 1. The first-order valence-corrected chi connectivity index (χ1v) is 5.06. The summed E-state index contributed by atoms with van der Waals surface area (Å²) in [6.07, 6.45) is 3.96. The van der Waals surface area contributed by atoms with Crippen molar-refractivity contribution < 1.29 is 9.59 Å². The highest BCUT2D eigenvalue weighted by Gasteiger charge is 2.32. The zero-order chi connectivity index (χ0) is 9.26. The Morgan fingerprint density at radius 2 is 1.85 bits per heavy atom. The monoisotopic (exact) mass is 181 g/mol. The van der Waals surface area contributed by atoms with Gasteiger partial charge in [-0.1, -0.05) is 0 Å². The van der Waals surface area contributed by atoms with Gasteiger partial charge in [-0.05, 0) is 32.4 Å². The van der Waals surface area contributed by atoms with E-state index in [0.717, 1.165) is 19.5 Å². The number of rotatable bonds is 1. The number of ketones is 2. The highest BCUT2D eigenvalue weighted by atomic mass is 16.2. The Kier molecular flexibility index (Phi) is 2.44. The third-order valence-corrected chi connectivity index (χ3v) is 3.02. The molecular formula is C10H15NO2. The summed E-state index contributed by atoms with van der Waals surface area (Å²) in [5, 5.41) is 0. The van der Waals surface area contributed by atoms with Gasteiger partial charge in [-0.3, -0.25) is 14.5 Å². The normalized spacial score (nSPS) is 31.2. The molecule has 0 N–H and O–H groups in total. The van der Waals surface area contributed by atoms with E-state index in [-0.39, 0.29) is 24.0 Å². The molecule has 2 fully saturated rings. The Morgan fingerprint density at radius 3 is 2.46 bits per heavy atom. The lowest BCUT2D eigenvalue weighted by Gasteiger charge is -2.28. The lowest BCUT2D eigenvalue weighted by molar-refractivity contribution is -0.133. The number of nitrogens with zero attached hydrogens (tertiary/aromatic N) is 1. The van der Waals surface area contributed by atoms with Crippen LogP contribution in [0.25, 0.3) is 0 Å². The van der Waals surface area contributed by atoms with E-state index in [2.05, 4.69) is 4.90 Å². The molecule has 0 bridgehead atoms. The number of carbonyl (C=O) groups is 2. The van der Waals surface area contributed by atoms with E-state index in [1.807, 2.05) is 0 Å². The van der Waals surface area contributed by atoms with Gasteiger partial charge in [0, 0.05) is 6.42 Å². The third-order valence-electron chi connectivity index (χ3n) is 3.02. The summed E-state index contributed by atoms with van der Waals surface area (Å²) in [5.74, 6) is 0.276. The highest BCUT2D eigenvalue weighted by molar-refractivity contribution is 6.03. The summed E-state index contributed by atoms with van der Waals surface area (Å²) in [6, 6.07) is 0.0696. The molecular weight excluding hydrogens is 166 g/mol. The van der Waals surface area contributed by atoms with Gasteiger partial charge in [-0.15, -0.1) is 0 Å². The van der Waals surface area contributed by atoms with E-state index < -0.39 is 0 Å². The minimum atomic E-state index is 0.0696. The standard InChI is InChI=1S/C10H15NO2/c12-8-3-4-9(10(13)7-8)11-5-1-2-6-11/h9H,1-7H2. The van der Waals surface area contributed by atoms with Crippen molar-refractivity contribution in [3.05, 3.63) is 0 Å². The Bertz CT molecular complexity index is 231. The average Bonchev–Trinajstić information content (AvgIpc) is 2.56. The number of Topliss-reactive ketones (excluding diaryl/α,β-unsaturated/α-hetero) is 2. The summed E-state index contributed by atoms with van der Waals surface area (Å²) in [6.45, 7) is 2.09. The minimum absolute atomic E-state index is 0.0696. The van der Waals surface area contributed by atoms with Crippen molar-refractivity contribution in [1.82, 2.24) is 4.90 Å². The van der Waals surface area contributed by atoms with Gasteiger partial charge >= 0.3 is 0 Å². The zero-order valence-corrected chi connectivity index (χ0v) is 7.79. The summed E-state index contributed by atoms with van der Waals surface area (Å²) >= 11 is 0. The first-order chi connectivity index (χ1) is 6.27. The summed E-state index contributed by atoms with van der Waals surface area (Å²) in [7, 11) is 0. The lowest BCUT2D eigenvalue weighted by atomic mass is 9.92. The maximum Gasteiger partial charge on any atom is 0.157 e. The van der Waals surface area contributed by atoms with Gasteiger partial charge in [0.2, 0.25) is 0 Å². The minimum Gasteiger partial charge on any atom is -0.299 e. The molecule has 0 aromatic rings. The van der Waals surface area contributed by atoms with Crippen molar-refractivity contribution in [1.29, 1.82) is 0 Å². The Hall–Kier alpha value is -0.700. The van der Waals surface area contributed by atoms with E-state index in [4.69, 9.17) is 0 Å². The number of hydrogen-bond donors (Lipinski definition) is 0. The molecule has 1 saturated carbocycles. The fraction of sp³-hybridized carbons (Fsp3) is 0.800. The van der Waals surface area contributed by atoms with Crippen molar-refractivity contribution in [3.63, 3.8) is 0 Å². The van der Waals surface area contributed by atoms with Crippen LogP contribution in [-0.2, 0) is 9.59 Å². The maximum absolute atomic E-state index is 11.5. The van der Waals surface area contributed by atoms with Crippen LogP contribution in [0.4, 0.5) is 0 Å². The molecule has 1 atom stereocenters. The molecule has 72 valence electrons. The third kappa shape index (κ3) is 1.80. The quantitative estimate of drug-likeness (QED) is 0.561. The molecule has 13 heavy (non-hydrogen) atoms. The Morgan fingerprint density at radius 1 is 1.15 bits per heavy atom. The molecule has 3 nitrogen and oxygen atoms in total. The van der Waals surface area contributed by atoms with Gasteiger partial charge < -0.3 is 0 Å². The summed E-state index contributed by atoms with van der Waals surface area (Å²) in [4.78, 5) is 24.8. The molecule has 0 amide bonds. The number of carbonyl (C=O) groups excluding carboxylic acids is 2. The Balaban J connectivity index is 1.98. The first kappa shape index (κ1) is 8.88. The molecule has 1 aliphatic heterocycles. The lowest BCUT2D eigenvalue weighted by Crippen LogP contribution is -2.43. The highest BCUT2D eigenvalue weighted by Crippen LogP contribution is 2.21. The van der Waals surface area contributed by atoms with Gasteiger partial charge in [0.1, 0.15) is 5.78 Å². The van der Waals surface area contributed by atoms with Crippen LogP contribution in [0.1, 0.15) is 32.1 Å². The molecule has 2 rings (SSSR count). The van der Waals surface area contributed by atoms with Crippen LogP contribution < -0.4 is 0 Å². The topological polar surface area (TPSA) is 37.4 Å². The molecule has 1 unspecified atom stereocenters. The van der Waals surface area contributed by atoms with Crippen molar-refractivity contribution in [2.45, 2.75) is 38.1 Å². The maximum atomic E-state index is 11.5. The second-order valence-corrected chi connectivity index (χ2v) is 3.98. The van der Waals surface area contributed by atoms with Gasteiger partial charge in [-0.2, -0.15) is 0 Å². The van der Waals surface area contributed by atoms with Crippen LogP contribution in [0.2, 0.25) is 0 Å². The van der Waals surface area contributed by atoms with Crippen molar-refractivity contribution in [2.75, 3.05) is 13.1 Å². The van der Waals surface area contributed by atoms with Crippen LogP contribution in [0, 0.1) is 0 Å². The number of hydrogen-bond acceptors (Lipinski definition) is 3. The summed E-state index contributed by atoms with van der Waals surface area (Å²) in [5.41, 5.74) is 0. The first-order valence-electron chi connectivity index (χ1n) is 5.06. The van der Waals surface area contributed by atoms with Crippen LogP contribution in [0.3, 0.4) is 0 Å². The van der Waals surface area contributed by atoms with Crippen LogP contribution in [0.15, 0.2) is 0 Å². The predicted octanol–water partition coefficient (Wildman–Crippen LogP) is 0.773. The molecule has 0 aromatic heterocycles. The van der Waals surface area contributed by atoms with Gasteiger partial charge in [0.25, 0.3) is 0 Å². The van der Waals surface area contributed by atoms with E-state index in [1.165, 1.54) is 12.8 Å². The van der Waals surface area contributed by atoms with E-state index in [1.54, 1.807) is 0 Å². The van der Waals surface area contributed by atoms with E-state index in [9.17, 15) is 9.59 Å². The molecule has 1 saturated heterocycles. The van der Waals surface area contributed by atoms with Gasteiger partial charge in [0.15, 0.2) is 5.78 Å². The molecule has 3 heteroatoms. The predicted molar refractivity (Wildman–Crippen MR) is 48.5 cm³/mol.